The first-order valence-electron chi connectivity index (χ1n) is 10.6. The van der Waals surface area contributed by atoms with Crippen LogP contribution < -0.4 is 16.4 Å². The average Bonchev–Trinajstić information content (AvgIpc) is 3.36. The van der Waals surface area contributed by atoms with E-state index in [0.29, 0.717) is 30.3 Å². The number of rotatable bonds is 7. The molecular formula is C25H21N7OS. The first kappa shape index (κ1) is 21.5. The summed E-state index contributed by atoms with van der Waals surface area (Å²) in [5.41, 5.74) is 9.16. The molecule has 0 radical (unpaired) electrons. The zero-order chi connectivity index (χ0) is 23.3. The van der Waals surface area contributed by atoms with Crippen LogP contribution in [0.15, 0.2) is 79.4 Å². The van der Waals surface area contributed by atoms with E-state index in [4.69, 9.17) is 5.73 Å². The summed E-state index contributed by atoms with van der Waals surface area (Å²) in [6.07, 6.45) is 4.84. The molecule has 9 heteroatoms. The van der Waals surface area contributed by atoms with Crippen LogP contribution in [-0.4, -0.2) is 25.8 Å². The Labute approximate surface area is 199 Å². The standard InChI is InChI=1S/C25H21N7OS/c26-23-20-12-16(6-8-21(20)31-15-32-23)22-9-7-18(34-22)14-29-24-19(5-3-11-28-24)25(33)30-13-17-4-1-2-10-27-17/h1-12,15H,13-14H2,(H,28,29)(H,30,33)(H2,26,31,32). The maximum atomic E-state index is 12.7. The van der Waals surface area contributed by atoms with Crippen LogP contribution in [0.3, 0.4) is 0 Å². The van der Waals surface area contributed by atoms with Gasteiger partial charge in [0.05, 0.1) is 29.9 Å². The highest BCUT2D eigenvalue weighted by Crippen LogP contribution is 2.31. The Morgan fingerprint density at radius 1 is 0.912 bits per heavy atom. The predicted molar refractivity (Wildman–Crippen MR) is 134 cm³/mol. The van der Waals surface area contributed by atoms with Crippen molar-refractivity contribution in [1.29, 1.82) is 0 Å². The molecule has 4 aromatic heterocycles. The molecule has 5 rings (SSSR count). The molecular weight excluding hydrogens is 446 g/mol. The molecule has 0 aliphatic rings. The van der Waals surface area contributed by atoms with E-state index in [2.05, 4.69) is 42.7 Å². The predicted octanol–water partition coefficient (Wildman–Crippen LogP) is 4.27. The highest BCUT2D eigenvalue weighted by atomic mass is 32.1. The molecule has 168 valence electrons. The third-order valence-corrected chi connectivity index (χ3v) is 6.39. The summed E-state index contributed by atoms with van der Waals surface area (Å²) >= 11 is 1.66. The quantitative estimate of drug-likeness (QED) is 0.327. The van der Waals surface area contributed by atoms with Gasteiger partial charge in [0.2, 0.25) is 0 Å². The summed E-state index contributed by atoms with van der Waals surface area (Å²) < 4.78 is 0. The zero-order valence-corrected chi connectivity index (χ0v) is 18.9. The lowest BCUT2D eigenvalue weighted by atomic mass is 10.1. The van der Waals surface area contributed by atoms with Crippen LogP contribution in [0.5, 0.6) is 0 Å². The maximum absolute atomic E-state index is 12.7. The number of amides is 1. The van der Waals surface area contributed by atoms with E-state index in [9.17, 15) is 4.79 Å². The summed E-state index contributed by atoms with van der Waals surface area (Å²) in [5, 5.41) is 7.03. The molecule has 0 fully saturated rings. The van der Waals surface area contributed by atoms with E-state index >= 15 is 0 Å². The number of benzene rings is 1. The number of nitrogens with one attached hydrogen (secondary N) is 2. The van der Waals surface area contributed by atoms with Crippen molar-refractivity contribution >= 4 is 39.8 Å². The first-order valence-corrected chi connectivity index (χ1v) is 11.5. The lowest BCUT2D eigenvalue weighted by Gasteiger charge is -2.10. The summed E-state index contributed by atoms with van der Waals surface area (Å²) in [4.78, 5) is 31.9. The average molecular weight is 468 g/mol. The Balaban J connectivity index is 1.27. The van der Waals surface area contributed by atoms with Crippen LogP contribution in [0.1, 0.15) is 20.9 Å². The lowest BCUT2D eigenvalue weighted by Crippen LogP contribution is -2.24. The number of aromatic nitrogens is 4. The molecule has 4 heterocycles. The molecule has 1 amide bonds. The number of anilines is 2. The van der Waals surface area contributed by atoms with Gasteiger partial charge in [0.1, 0.15) is 18.0 Å². The molecule has 1 aromatic carbocycles. The lowest BCUT2D eigenvalue weighted by molar-refractivity contribution is 0.0951. The monoisotopic (exact) mass is 467 g/mol. The Bertz CT molecular complexity index is 1450. The summed E-state index contributed by atoms with van der Waals surface area (Å²) in [6, 6.07) is 19.2. The maximum Gasteiger partial charge on any atom is 0.255 e. The van der Waals surface area contributed by atoms with Gasteiger partial charge in [0.25, 0.3) is 5.91 Å². The van der Waals surface area contributed by atoms with E-state index < -0.39 is 0 Å². The van der Waals surface area contributed by atoms with E-state index in [1.54, 1.807) is 35.9 Å². The molecule has 0 unspecified atom stereocenters. The molecule has 34 heavy (non-hydrogen) atoms. The van der Waals surface area contributed by atoms with Gasteiger partial charge in [-0.3, -0.25) is 9.78 Å². The van der Waals surface area contributed by atoms with Gasteiger partial charge in [0.15, 0.2) is 0 Å². The fourth-order valence-electron chi connectivity index (χ4n) is 3.53. The number of pyridine rings is 2. The Morgan fingerprint density at radius 3 is 2.71 bits per heavy atom. The highest BCUT2D eigenvalue weighted by Gasteiger charge is 2.13. The molecule has 0 saturated carbocycles. The number of hydrogen-bond donors (Lipinski definition) is 3. The van der Waals surface area contributed by atoms with Gasteiger partial charge in [-0.05, 0) is 54.1 Å². The Hall–Kier alpha value is -4.37. The molecule has 0 bridgehead atoms. The number of carbonyl (C=O) groups excluding carboxylic acids is 1. The molecule has 0 atom stereocenters. The molecule has 0 aliphatic heterocycles. The molecule has 0 saturated heterocycles. The third-order valence-electron chi connectivity index (χ3n) is 5.25. The molecule has 0 aliphatic carbocycles. The van der Waals surface area contributed by atoms with Gasteiger partial charge in [-0.25, -0.2) is 15.0 Å². The first-order chi connectivity index (χ1) is 16.7. The zero-order valence-electron chi connectivity index (χ0n) is 18.1. The van der Waals surface area contributed by atoms with E-state index in [1.165, 1.54) is 6.33 Å². The summed E-state index contributed by atoms with van der Waals surface area (Å²) in [6.45, 7) is 0.893. The highest BCUT2D eigenvalue weighted by molar-refractivity contribution is 7.15. The summed E-state index contributed by atoms with van der Waals surface area (Å²) in [5.74, 6) is 0.796. The van der Waals surface area contributed by atoms with Crippen molar-refractivity contribution in [2.45, 2.75) is 13.1 Å². The van der Waals surface area contributed by atoms with Crippen LogP contribution in [0, 0.1) is 0 Å². The third kappa shape index (κ3) is 4.69. The number of nitrogens with two attached hydrogens (primary N) is 1. The minimum absolute atomic E-state index is 0.205. The van der Waals surface area contributed by atoms with Crippen LogP contribution in [-0.2, 0) is 13.1 Å². The van der Waals surface area contributed by atoms with Crippen molar-refractivity contribution < 1.29 is 4.79 Å². The molecule has 0 spiro atoms. The molecule has 4 N–H and O–H groups in total. The minimum Gasteiger partial charge on any atom is -0.383 e. The second kappa shape index (κ2) is 9.63. The number of fused-ring (bicyclic) bond motifs is 1. The van der Waals surface area contributed by atoms with Gasteiger partial charge in [-0.15, -0.1) is 11.3 Å². The van der Waals surface area contributed by atoms with Gasteiger partial charge < -0.3 is 16.4 Å². The van der Waals surface area contributed by atoms with Gasteiger partial charge in [0, 0.05) is 27.5 Å². The van der Waals surface area contributed by atoms with Crippen molar-refractivity contribution in [3.05, 3.63) is 95.5 Å². The summed E-state index contributed by atoms with van der Waals surface area (Å²) in [7, 11) is 0. The van der Waals surface area contributed by atoms with E-state index in [1.807, 2.05) is 36.4 Å². The van der Waals surface area contributed by atoms with Crippen molar-refractivity contribution in [3.8, 4) is 10.4 Å². The van der Waals surface area contributed by atoms with Gasteiger partial charge in [-0.1, -0.05) is 12.1 Å². The second-order valence-corrected chi connectivity index (χ2v) is 8.68. The number of thiophene rings is 1. The number of carbonyl (C=O) groups is 1. The van der Waals surface area contributed by atoms with Crippen LogP contribution in [0.25, 0.3) is 21.3 Å². The Kier molecular flexibility index (Phi) is 6.09. The normalized spacial score (nSPS) is 10.8. The van der Waals surface area contributed by atoms with Crippen LogP contribution in [0.2, 0.25) is 0 Å². The SMILES string of the molecule is Nc1ncnc2ccc(-c3ccc(CNc4ncccc4C(=O)NCc4ccccn4)s3)cc12. The van der Waals surface area contributed by atoms with Gasteiger partial charge >= 0.3 is 0 Å². The fraction of sp³-hybridized carbons (Fsp3) is 0.0800. The topological polar surface area (TPSA) is 119 Å². The number of nitrogen functional groups attached to an aromatic ring is 1. The largest absolute Gasteiger partial charge is 0.383 e. The second-order valence-electron chi connectivity index (χ2n) is 7.51. The number of nitrogens with zero attached hydrogens (tertiary/aromatic N) is 4. The molecule has 8 nitrogen and oxygen atoms in total. The smallest absolute Gasteiger partial charge is 0.255 e. The Morgan fingerprint density at radius 2 is 1.82 bits per heavy atom. The molecule has 5 aromatic rings. The van der Waals surface area contributed by atoms with E-state index in [0.717, 1.165) is 31.9 Å². The van der Waals surface area contributed by atoms with Crippen LogP contribution >= 0.6 is 11.3 Å². The van der Waals surface area contributed by atoms with Crippen LogP contribution in [0.4, 0.5) is 11.6 Å². The minimum atomic E-state index is -0.205. The van der Waals surface area contributed by atoms with Gasteiger partial charge in [-0.2, -0.15) is 0 Å². The van der Waals surface area contributed by atoms with Crippen molar-refractivity contribution in [2.24, 2.45) is 0 Å². The fourth-order valence-corrected chi connectivity index (χ4v) is 4.47. The van der Waals surface area contributed by atoms with Crippen molar-refractivity contribution in [3.63, 3.8) is 0 Å². The van der Waals surface area contributed by atoms with Crippen molar-refractivity contribution in [1.82, 2.24) is 25.3 Å². The van der Waals surface area contributed by atoms with Crippen molar-refractivity contribution in [2.75, 3.05) is 11.1 Å². The van der Waals surface area contributed by atoms with E-state index in [-0.39, 0.29) is 5.91 Å². The number of hydrogen-bond acceptors (Lipinski definition) is 8.